The molecule has 128 valence electrons. The summed E-state index contributed by atoms with van der Waals surface area (Å²) in [6.45, 7) is 2.86. The lowest BCUT2D eigenvalue weighted by molar-refractivity contribution is -0.120. The van der Waals surface area contributed by atoms with Crippen molar-refractivity contribution in [2.45, 2.75) is 19.9 Å². The molecule has 1 aromatic carbocycles. The van der Waals surface area contributed by atoms with Crippen LogP contribution >= 0.6 is 0 Å². The second kappa shape index (κ2) is 8.05. The largest absolute Gasteiger partial charge is 0.494 e. The minimum Gasteiger partial charge on any atom is -0.494 e. The molecule has 3 rings (SSSR count). The zero-order chi connectivity index (χ0) is 17.5. The molecule has 1 amide bonds. The number of hydrogen-bond donors (Lipinski definition) is 2. The fraction of sp³-hybridized carbons (Fsp3) is 0.222. The lowest BCUT2D eigenvalue weighted by atomic mass is 10.1. The summed E-state index contributed by atoms with van der Waals surface area (Å²) in [6, 6.07) is 11.2. The summed E-state index contributed by atoms with van der Waals surface area (Å²) < 4.78 is 5.39. The van der Waals surface area contributed by atoms with E-state index in [0.717, 1.165) is 16.9 Å². The third kappa shape index (κ3) is 4.63. The van der Waals surface area contributed by atoms with Crippen molar-refractivity contribution in [2.24, 2.45) is 0 Å². The fourth-order valence-electron chi connectivity index (χ4n) is 2.30. The summed E-state index contributed by atoms with van der Waals surface area (Å²) in [5.74, 6) is 1.91. The number of aromatic amines is 1. The summed E-state index contributed by atoms with van der Waals surface area (Å²) in [5.41, 5.74) is 1.80. The quantitative estimate of drug-likeness (QED) is 0.689. The molecule has 0 spiro atoms. The maximum atomic E-state index is 12.1. The minimum atomic E-state index is -0.0778. The predicted octanol–water partition coefficient (Wildman–Crippen LogP) is 2.12. The first kappa shape index (κ1) is 16.6. The van der Waals surface area contributed by atoms with E-state index in [2.05, 4.69) is 25.5 Å². The Bertz CT molecular complexity index is 815. The van der Waals surface area contributed by atoms with Gasteiger partial charge in [0.2, 0.25) is 5.91 Å². The van der Waals surface area contributed by atoms with Crippen LogP contribution < -0.4 is 10.1 Å². The molecule has 0 saturated heterocycles. The highest BCUT2D eigenvalue weighted by molar-refractivity contribution is 5.78. The van der Waals surface area contributed by atoms with E-state index in [-0.39, 0.29) is 5.91 Å². The van der Waals surface area contributed by atoms with E-state index in [9.17, 15) is 4.79 Å². The van der Waals surface area contributed by atoms with Gasteiger partial charge in [-0.25, -0.2) is 4.98 Å². The van der Waals surface area contributed by atoms with Crippen molar-refractivity contribution in [1.82, 2.24) is 25.5 Å². The third-order valence-corrected chi connectivity index (χ3v) is 3.52. The number of amides is 1. The molecule has 7 heteroatoms. The molecular formula is C18H19N5O2. The van der Waals surface area contributed by atoms with Crippen LogP contribution in [0.5, 0.6) is 5.75 Å². The highest BCUT2D eigenvalue weighted by atomic mass is 16.5. The van der Waals surface area contributed by atoms with E-state index in [1.807, 2.05) is 43.3 Å². The van der Waals surface area contributed by atoms with Crippen LogP contribution in [0.4, 0.5) is 0 Å². The van der Waals surface area contributed by atoms with Gasteiger partial charge in [0.1, 0.15) is 11.6 Å². The predicted molar refractivity (Wildman–Crippen MR) is 92.8 cm³/mol. The van der Waals surface area contributed by atoms with Gasteiger partial charge in [-0.2, -0.15) is 5.10 Å². The molecule has 2 N–H and O–H groups in total. The van der Waals surface area contributed by atoms with E-state index < -0.39 is 0 Å². The Kier molecular flexibility index (Phi) is 5.36. The van der Waals surface area contributed by atoms with Crippen LogP contribution in [0.2, 0.25) is 0 Å². The monoisotopic (exact) mass is 337 g/mol. The second-order valence-electron chi connectivity index (χ2n) is 5.37. The van der Waals surface area contributed by atoms with Crippen LogP contribution in [0.25, 0.3) is 11.4 Å². The van der Waals surface area contributed by atoms with Gasteiger partial charge in [0.25, 0.3) is 0 Å². The molecule has 0 aliphatic rings. The van der Waals surface area contributed by atoms with Crippen LogP contribution in [-0.2, 0) is 17.8 Å². The Labute approximate surface area is 145 Å². The van der Waals surface area contributed by atoms with Crippen LogP contribution in [-0.4, -0.2) is 32.7 Å². The van der Waals surface area contributed by atoms with Crippen LogP contribution in [0.3, 0.4) is 0 Å². The van der Waals surface area contributed by atoms with Crippen LogP contribution in [0.1, 0.15) is 18.3 Å². The number of H-pyrrole nitrogens is 1. The first-order chi connectivity index (χ1) is 12.2. The van der Waals surface area contributed by atoms with Gasteiger partial charge in [-0.15, -0.1) is 0 Å². The summed E-state index contributed by atoms with van der Waals surface area (Å²) in [4.78, 5) is 20.4. The van der Waals surface area contributed by atoms with Gasteiger partial charge in [-0.3, -0.25) is 14.9 Å². The zero-order valence-electron chi connectivity index (χ0n) is 13.9. The lowest BCUT2D eigenvalue weighted by Gasteiger charge is -2.05. The first-order valence-corrected chi connectivity index (χ1v) is 8.04. The Morgan fingerprint density at radius 2 is 1.92 bits per heavy atom. The van der Waals surface area contributed by atoms with Crippen molar-refractivity contribution in [3.05, 3.63) is 60.2 Å². The highest BCUT2D eigenvalue weighted by Crippen LogP contribution is 2.13. The Morgan fingerprint density at radius 3 is 2.64 bits per heavy atom. The summed E-state index contributed by atoms with van der Waals surface area (Å²) in [7, 11) is 0. The standard InChI is InChI=1S/C18H19N5O2/c1-2-25-15-5-3-13(4-6-15)11-17(24)20-12-16-21-18(23-22-16)14-7-9-19-10-8-14/h3-10H,2,11-12H2,1H3,(H,20,24)(H,21,22,23). The lowest BCUT2D eigenvalue weighted by Crippen LogP contribution is -2.25. The van der Waals surface area contributed by atoms with Crippen molar-refractivity contribution in [3.63, 3.8) is 0 Å². The minimum absolute atomic E-state index is 0.0778. The molecule has 0 unspecified atom stereocenters. The third-order valence-electron chi connectivity index (χ3n) is 3.52. The molecule has 0 fully saturated rings. The number of ether oxygens (including phenoxy) is 1. The molecule has 2 heterocycles. The van der Waals surface area contributed by atoms with Gasteiger partial charge < -0.3 is 10.1 Å². The van der Waals surface area contributed by atoms with Gasteiger partial charge in [0.15, 0.2) is 5.82 Å². The summed E-state index contributed by atoms with van der Waals surface area (Å²) in [5, 5.41) is 9.81. The van der Waals surface area contributed by atoms with E-state index in [4.69, 9.17) is 4.74 Å². The molecule has 0 aliphatic carbocycles. The molecule has 0 aliphatic heterocycles. The average molecular weight is 337 g/mol. The molecular weight excluding hydrogens is 318 g/mol. The Morgan fingerprint density at radius 1 is 1.16 bits per heavy atom. The normalized spacial score (nSPS) is 10.4. The maximum Gasteiger partial charge on any atom is 0.224 e. The first-order valence-electron chi connectivity index (χ1n) is 8.04. The SMILES string of the molecule is CCOc1ccc(CC(=O)NCc2nc(-c3ccncc3)n[nH]2)cc1. The molecule has 0 bridgehead atoms. The molecule has 2 aromatic heterocycles. The van der Waals surface area contributed by atoms with E-state index in [1.165, 1.54) is 0 Å². The van der Waals surface area contributed by atoms with E-state index in [1.54, 1.807) is 12.4 Å². The summed E-state index contributed by atoms with van der Waals surface area (Å²) in [6.07, 6.45) is 3.67. The number of hydrogen-bond acceptors (Lipinski definition) is 5. The number of pyridine rings is 1. The number of nitrogens with one attached hydrogen (secondary N) is 2. The van der Waals surface area contributed by atoms with Gasteiger partial charge in [-0.05, 0) is 36.8 Å². The zero-order valence-corrected chi connectivity index (χ0v) is 13.9. The fourth-order valence-corrected chi connectivity index (χ4v) is 2.30. The number of carbonyl (C=O) groups is 1. The molecule has 0 saturated carbocycles. The van der Waals surface area contributed by atoms with Gasteiger partial charge >= 0.3 is 0 Å². The van der Waals surface area contributed by atoms with E-state index in [0.29, 0.717) is 31.2 Å². The molecule has 0 radical (unpaired) electrons. The van der Waals surface area contributed by atoms with Gasteiger partial charge in [0, 0.05) is 18.0 Å². The number of benzene rings is 1. The van der Waals surface area contributed by atoms with Crippen molar-refractivity contribution in [3.8, 4) is 17.1 Å². The average Bonchev–Trinajstić information content (AvgIpc) is 3.12. The number of rotatable bonds is 7. The van der Waals surface area contributed by atoms with Crippen molar-refractivity contribution in [2.75, 3.05) is 6.61 Å². The number of aromatic nitrogens is 4. The summed E-state index contributed by atoms with van der Waals surface area (Å²) >= 11 is 0. The van der Waals surface area contributed by atoms with Crippen molar-refractivity contribution in [1.29, 1.82) is 0 Å². The smallest absolute Gasteiger partial charge is 0.224 e. The maximum absolute atomic E-state index is 12.1. The molecule has 3 aromatic rings. The molecule has 25 heavy (non-hydrogen) atoms. The highest BCUT2D eigenvalue weighted by Gasteiger charge is 2.08. The van der Waals surface area contributed by atoms with Gasteiger partial charge in [0.05, 0.1) is 19.6 Å². The van der Waals surface area contributed by atoms with Crippen molar-refractivity contribution < 1.29 is 9.53 Å². The number of nitrogens with zero attached hydrogens (tertiary/aromatic N) is 3. The Balaban J connectivity index is 1.51. The second-order valence-corrected chi connectivity index (χ2v) is 5.37. The Hall–Kier alpha value is -3.22. The molecule has 0 atom stereocenters. The van der Waals surface area contributed by atoms with Gasteiger partial charge in [-0.1, -0.05) is 12.1 Å². The van der Waals surface area contributed by atoms with Crippen LogP contribution in [0, 0.1) is 0 Å². The van der Waals surface area contributed by atoms with Crippen molar-refractivity contribution >= 4 is 5.91 Å². The van der Waals surface area contributed by atoms with E-state index >= 15 is 0 Å². The van der Waals surface area contributed by atoms with Crippen LogP contribution in [0.15, 0.2) is 48.8 Å². The molecule has 7 nitrogen and oxygen atoms in total. The number of carbonyl (C=O) groups excluding carboxylic acids is 1. The topological polar surface area (TPSA) is 92.8 Å².